The van der Waals surface area contributed by atoms with Crippen LogP contribution in [0.5, 0.6) is 5.75 Å². The Hall–Kier alpha value is -1.33. The highest BCUT2D eigenvalue weighted by Crippen LogP contribution is 2.30. The molecule has 2 heterocycles. The van der Waals surface area contributed by atoms with Crippen molar-refractivity contribution in [2.75, 3.05) is 14.2 Å². The van der Waals surface area contributed by atoms with Crippen molar-refractivity contribution in [2.45, 2.75) is 6.04 Å². The standard InChI is InChI=1S/C11H15N3OS/c1-12-11(8-5-13-14(2)6-8)10-4-9(15-3)7-16-10/h4-7,11-12H,1-3H3. The fourth-order valence-electron chi connectivity index (χ4n) is 1.66. The fourth-order valence-corrected chi connectivity index (χ4v) is 2.65. The van der Waals surface area contributed by atoms with Crippen molar-refractivity contribution >= 4 is 11.3 Å². The number of thiophene rings is 1. The Bertz CT molecular complexity index is 463. The van der Waals surface area contributed by atoms with E-state index in [-0.39, 0.29) is 6.04 Å². The van der Waals surface area contributed by atoms with Gasteiger partial charge in [-0.3, -0.25) is 4.68 Å². The average molecular weight is 237 g/mol. The lowest BCUT2D eigenvalue weighted by Gasteiger charge is -2.11. The van der Waals surface area contributed by atoms with Crippen molar-refractivity contribution in [2.24, 2.45) is 7.05 Å². The molecular formula is C11H15N3OS. The number of nitrogens with one attached hydrogen (secondary N) is 1. The molecule has 0 radical (unpaired) electrons. The molecule has 1 unspecified atom stereocenters. The lowest BCUT2D eigenvalue weighted by atomic mass is 10.1. The van der Waals surface area contributed by atoms with E-state index in [9.17, 15) is 0 Å². The van der Waals surface area contributed by atoms with E-state index >= 15 is 0 Å². The molecule has 0 spiro atoms. The molecule has 0 aliphatic carbocycles. The SMILES string of the molecule is CNC(c1cnn(C)c1)c1cc(OC)cs1. The number of aryl methyl sites for hydroxylation is 1. The van der Waals surface area contributed by atoms with Crippen LogP contribution in [0.15, 0.2) is 23.8 Å². The fraction of sp³-hybridized carbons (Fsp3) is 0.364. The maximum absolute atomic E-state index is 5.19. The third kappa shape index (κ3) is 2.10. The van der Waals surface area contributed by atoms with E-state index < -0.39 is 0 Å². The van der Waals surface area contributed by atoms with Crippen LogP contribution in [-0.4, -0.2) is 23.9 Å². The Labute approximate surface area is 98.9 Å². The first-order valence-corrected chi connectivity index (χ1v) is 5.90. The van der Waals surface area contributed by atoms with Crippen molar-refractivity contribution in [3.8, 4) is 5.75 Å². The highest BCUT2D eigenvalue weighted by molar-refractivity contribution is 7.10. The molecule has 0 aliphatic heterocycles. The lowest BCUT2D eigenvalue weighted by molar-refractivity contribution is 0.416. The highest BCUT2D eigenvalue weighted by Gasteiger charge is 2.15. The molecule has 0 saturated heterocycles. The van der Waals surface area contributed by atoms with Gasteiger partial charge in [-0.25, -0.2) is 0 Å². The summed E-state index contributed by atoms with van der Waals surface area (Å²) in [5, 5.41) is 9.48. The second-order valence-corrected chi connectivity index (χ2v) is 4.50. The molecule has 2 aromatic rings. The summed E-state index contributed by atoms with van der Waals surface area (Å²) in [4.78, 5) is 1.23. The van der Waals surface area contributed by atoms with Crippen LogP contribution in [0.25, 0.3) is 0 Å². The summed E-state index contributed by atoms with van der Waals surface area (Å²) in [5.74, 6) is 0.907. The monoisotopic (exact) mass is 237 g/mol. The van der Waals surface area contributed by atoms with E-state index in [4.69, 9.17) is 4.74 Å². The number of aromatic nitrogens is 2. The van der Waals surface area contributed by atoms with Gasteiger partial charge in [0.1, 0.15) is 5.75 Å². The molecule has 4 nitrogen and oxygen atoms in total. The molecule has 0 aromatic carbocycles. The maximum atomic E-state index is 5.19. The molecule has 0 bridgehead atoms. The van der Waals surface area contributed by atoms with E-state index in [2.05, 4.69) is 16.5 Å². The Morgan fingerprint density at radius 3 is 2.88 bits per heavy atom. The smallest absolute Gasteiger partial charge is 0.129 e. The molecule has 1 N–H and O–H groups in total. The molecule has 0 amide bonds. The largest absolute Gasteiger partial charge is 0.496 e. The molecule has 1 atom stereocenters. The zero-order valence-corrected chi connectivity index (χ0v) is 10.4. The molecule has 16 heavy (non-hydrogen) atoms. The molecule has 86 valence electrons. The van der Waals surface area contributed by atoms with E-state index in [0.29, 0.717) is 0 Å². The molecular weight excluding hydrogens is 222 g/mol. The molecule has 0 fully saturated rings. The first kappa shape index (κ1) is 11.2. The number of rotatable bonds is 4. The zero-order chi connectivity index (χ0) is 11.5. The molecule has 5 heteroatoms. The lowest BCUT2D eigenvalue weighted by Crippen LogP contribution is -2.15. The first-order chi connectivity index (χ1) is 7.74. The molecule has 2 aromatic heterocycles. The number of ether oxygens (including phenoxy) is 1. The van der Waals surface area contributed by atoms with Gasteiger partial charge in [-0.15, -0.1) is 11.3 Å². The third-order valence-corrected chi connectivity index (χ3v) is 3.44. The second-order valence-electron chi connectivity index (χ2n) is 3.56. The third-order valence-electron chi connectivity index (χ3n) is 2.46. The second kappa shape index (κ2) is 4.67. The predicted molar refractivity (Wildman–Crippen MR) is 65.0 cm³/mol. The van der Waals surface area contributed by atoms with Gasteiger partial charge < -0.3 is 10.1 Å². The van der Waals surface area contributed by atoms with E-state index in [1.807, 2.05) is 36.6 Å². The van der Waals surface area contributed by atoms with Crippen LogP contribution >= 0.6 is 11.3 Å². The van der Waals surface area contributed by atoms with Gasteiger partial charge in [-0.05, 0) is 13.1 Å². The highest BCUT2D eigenvalue weighted by atomic mass is 32.1. The minimum atomic E-state index is 0.183. The Kier molecular flexibility index (Phi) is 3.26. The van der Waals surface area contributed by atoms with Crippen LogP contribution in [0.4, 0.5) is 0 Å². The van der Waals surface area contributed by atoms with Gasteiger partial charge in [0, 0.05) is 29.1 Å². The van der Waals surface area contributed by atoms with Crippen molar-refractivity contribution in [1.82, 2.24) is 15.1 Å². The topological polar surface area (TPSA) is 39.1 Å². The number of hydrogen-bond acceptors (Lipinski definition) is 4. The van der Waals surface area contributed by atoms with Crippen molar-refractivity contribution in [3.63, 3.8) is 0 Å². The number of methoxy groups -OCH3 is 1. The van der Waals surface area contributed by atoms with Crippen LogP contribution in [0.1, 0.15) is 16.5 Å². The van der Waals surface area contributed by atoms with E-state index in [1.54, 1.807) is 18.4 Å². The Morgan fingerprint density at radius 2 is 2.38 bits per heavy atom. The van der Waals surface area contributed by atoms with Gasteiger partial charge in [-0.1, -0.05) is 0 Å². The van der Waals surface area contributed by atoms with Gasteiger partial charge in [-0.2, -0.15) is 5.10 Å². The van der Waals surface area contributed by atoms with Crippen LogP contribution in [-0.2, 0) is 7.05 Å². The van der Waals surface area contributed by atoms with Gasteiger partial charge in [0.2, 0.25) is 0 Å². The van der Waals surface area contributed by atoms with Crippen molar-refractivity contribution in [1.29, 1.82) is 0 Å². The quantitative estimate of drug-likeness (QED) is 0.881. The summed E-state index contributed by atoms with van der Waals surface area (Å²) in [6.45, 7) is 0. The van der Waals surface area contributed by atoms with Gasteiger partial charge in [0.25, 0.3) is 0 Å². The normalized spacial score (nSPS) is 12.7. The summed E-state index contributed by atoms with van der Waals surface area (Å²) in [7, 11) is 5.55. The summed E-state index contributed by atoms with van der Waals surface area (Å²) in [6.07, 6.45) is 3.90. The molecule has 0 aliphatic rings. The first-order valence-electron chi connectivity index (χ1n) is 5.03. The van der Waals surface area contributed by atoms with E-state index in [1.165, 1.54) is 4.88 Å². The number of nitrogens with zero attached hydrogens (tertiary/aromatic N) is 2. The average Bonchev–Trinajstić information content (AvgIpc) is 2.89. The van der Waals surface area contributed by atoms with E-state index in [0.717, 1.165) is 11.3 Å². The predicted octanol–water partition coefficient (Wildman–Crippen LogP) is 1.80. The van der Waals surface area contributed by atoms with Crippen LogP contribution < -0.4 is 10.1 Å². The Morgan fingerprint density at radius 1 is 1.56 bits per heavy atom. The Balaban J connectivity index is 2.28. The summed E-state index contributed by atoms with van der Waals surface area (Å²) in [5.41, 5.74) is 1.16. The van der Waals surface area contributed by atoms with Crippen LogP contribution in [0.2, 0.25) is 0 Å². The zero-order valence-electron chi connectivity index (χ0n) is 9.60. The summed E-state index contributed by atoms with van der Waals surface area (Å²) in [6, 6.07) is 2.24. The van der Waals surface area contributed by atoms with Gasteiger partial charge in [0.15, 0.2) is 0 Å². The van der Waals surface area contributed by atoms with Gasteiger partial charge in [0.05, 0.1) is 19.3 Å². The minimum Gasteiger partial charge on any atom is -0.496 e. The summed E-state index contributed by atoms with van der Waals surface area (Å²) < 4.78 is 7.00. The van der Waals surface area contributed by atoms with Crippen molar-refractivity contribution < 1.29 is 4.74 Å². The van der Waals surface area contributed by atoms with Gasteiger partial charge >= 0.3 is 0 Å². The molecule has 0 saturated carbocycles. The maximum Gasteiger partial charge on any atom is 0.129 e. The van der Waals surface area contributed by atoms with Crippen LogP contribution in [0.3, 0.4) is 0 Å². The van der Waals surface area contributed by atoms with Crippen molar-refractivity contribution in [3.05, 3.63) is 34.3 Å². The molecule has 2 rings (SSSR count). The number of hydrogen-bond donors (Lipinski definition) is 1. The van der Waals surface area contributed by atoms with Crippen LogP contribution in [0, 0.1) is 0 Å². The summed E-state index contributed by atoms with van der Waals surface area (Å²) >= 11 is 1.69. The minimum absolute atomic E-state index is 0.183.